The van der Waals surface area contributed by atoms with Gasteiger partial charge in [-0.05, 0) is 0 Å². The molecule has 0 atom stereocenters. The molecule has 0 bridgehead atoms. The number of hydrogen-bond donors (Lipinski definition) is 2. The van der Waals surface area contributed by atoms with Gasteiger partial charge in [0.15, 0.2) is 0 Å². The molecule has 0 spiro atoms. The molecule has 0 fully saturated rings. The molecule has 0 aliphatic carbocycles. The van der Waals surface area contributed by atoms with Crippen LogP contribution in [0.5, 0.6) is 0 Å². The molecule has 4 heteroatoms. The molecule has 30 valence electrons. The first kappa shape index (κ1) is 9.85. The standard InChI is InChI=1S/C2H5NO2.Ca/c3-1-2(4)5;/h1,3H2,(H,4,5);/q;+2. The molecular weight excluding hydrogens is 110 g/mol. The summed E-state index contributed by atoms with van der Waals surface area (Å²) < 4.78 is 0. The number of aliphatic carboxylic acids is 1. The SMILES string of the molecule is NCC(=O)O.[Ca+2]. The summed E-state index contributed by atoms with van der Waals surface area (Å²) in [6.07, 6.45) is 0. The van der Waals surface area contributed by atoms with Crippen molar-refractivity contribution in [1.82, 2.24) is 0 Å². The molecule has 0 saturated heterocycles. The molecular formula is C2H5CaNO2+2. The van der Waals surface area contributed by atoms with E-state index in [1.807, 2.05) is 0 Å². The van der Waals surface area contributed by atoms with Crippen LogP contribution in [-0.4, -0.2) is 55.4 Å². The maximum absolute atomic E-state index is 9.24. The Bertz CT molecular complexity index is 46.8. The minimum absolute atomic E-state index is 0. The normalized spacial score (nSPS) is 6.17. The van der Waals surface area contributed by atoms with Gasteiger partial charge in [0, 0.05) is 0 Å². The molecule has 0 saturated carbocycles. The summed E-state index contributed by atoms with van der Waals surface area (Å²) >= 11 is 0. The summed E-state index contributed by atoms with van der Waals surface area (Å²) in [5, 5.41) is 7.60. The van der Waals surface area contributed by atoms with Gasteiger partial charge in [-0.1, -0.05) is 0 Å². The van der Waals surface area contributed by atoms with Crippen LogP contribution >= 0.6 is 0 Å². The van der Waals surface area contributed by atoms with Crippen molar-refractivity contribution in [2.75, 3.05) is 6.54 Å². The van der Waals surface area contributed by atoms with Gasteiger partial charge < -0.3 is 10.8 Å². The first-order chi connectivity index (χ1) is 2.27. The van der Waals surface area contributed by atoms with E-state index in [0.29, 0.717) is 0 Å². The largest absolute Gasteiger partial charge is 2.00 e. The average Bonchev–Trinajstić information content (AvgIpc) is 1.38. The third-order valence-electron chi connectivity index (χ3n) is 0.175. The zero-order valence-corrected chi connectivity index (χ0v) is 5.56. The number of carbonyl (C=O) groups is 1. The Morgan fingerprint density at radius 2 is 2.00 bits per heavy atom. The second kappa shape index (κ2) is 5.69. The van der Waals surface area contributed by atoms with Crippen molar-refractivity contribution < 1.29 is 9.90 Å². The van der Waals surface area contributed by atoms with Crippen LogP contribution in [-0.2, 0) is 4.79 Å². The molecule has 0 amide bonds. The van der Waals surface area contributed by atoms with Crippen molar-refractivity contribution in [1.29, 1.82) is 0 Å². The van der Waals surface area contributed by atoms with Crippen LogP contribution in [0.4, 0.5) is 0 Å². The molecule has 0 rings (SSSR count). The van der Waals surface area contributed by atoms with Crippen LogP contribution in [0.1, 0.15) is 0 Å². The third-order valence-corrected chi connectivity index (χ3v) is 0.175. The van der Waals surface area contributed by atoms with Crippen LogP contribution in [0.15, 0.2) is 0 Å². The van der Waals surface area contributed by atoms with Crippen LogP contribution in [0.2, 0.25) is 0 Å². The van der Waals surface area contributed by atoms with Gasteiger partial charge in [-0.25, -0.2) is 0 Å². The van der Waals surface area contributed by atoms with E-state index in [9.17, 15) is 4.79 Å². The van der Waals surface area contributed by atoms with E-state index in [1.165, 1.54) is 0 Å². The summed E-state index contributed by atoms with van der Waals surface area (Å²) in [5.74, 6) is -0.968. The van der Waals surface area contributed by atoms with Gasteiger partial charge in [-0.2, -0.15) is 0 Å². The van der Waals surface area contributed by atoms with Gasteiger partial charge in [-0.15, -0.1) is 0 Å². The Morgan fingerprint density at radius 3 is 2.00 bits per heavy atom. The fraction of sp³-hybridized carbons (Fsp3) is 0.500. The molecule has 6 heavy (non-hydrogen) atoms. The topological polar surface area (TPSA) is 63.3 Å². The molecule has 0 aliphatic rings. The molecule has 0 radical (unpaired) electrons. The van der Waals surface area contributed by atoms with Crippen molar-refractivity contribution in [3.63, 3.8) is 0 Å². The molecule has 3 N–H and O–H groups in total. The number of nitrogens with two attached hydrogens (primary N) is 1. The molecule has 0 heterocycles. The zero-order chi connectivity index (χ0) is 4.28. The number of carboxylic acid groups (broad SMARTS) is 1. The smallest absolute Gasteiger partial charge is 0.480 e. The maximum atomic E-state index is 9.24. The number of rotatable bonds is 1. The summed E-state index contributed by atoms with van der Waals surface area (Å²) in [6, 6.07) is 0. The van der Waals surface area contributed by atoms with Gasteiger partial charge in [0.05, 0.1) is 6.54 Å². The van der Waals surface area contributed by atoms with E-state index in [4.69, 9.17) is 5.11 Å². The Kier molecular flexibility index (Phi) is 9.34. The fourth-order valence-electron chi connectivity index (χ4n) is 0. The number of carboxylic acids is 1. The zero-order valence-electron chi connectivity index (χ0n) is 3.35. The van der Waals surface area contributed by atoms with Gasteiger partial charge in [0.25, 0.3) is 0 Å². The van der Waals surface area contributed by atoms with Crippen molar-refractivity contribution in [3.8, 4) is 0 Å². The van der Waals surface area contributed by atoms with Crippen LogP contribution in [0, 0.1) is 0 Å². The minimum Gasteiger partial charge on any atom is -0.480 e. The van der Waals surface area contributed by atoms with Crippen molar-refractivity contribution in [2.24, 2.45) is 5.73 Å². The molecule has 0 aromatic heterocycles. The van der Waals surface area contributed by atoms with Crippen molar-refractivity contribution in [2.45, 2.75) is 0 Å². The van der Waals surface area contributed by atoms with E-state index < -0.39 is 5.97 Å². The van der Waals surface area contributed by atoms with E-state index in [2.05, 4.69) is 5.73 Å². The molecule has 0 aromatic rings. The minimum atomic E-state index is -0.968. The van der Waals surface area contributed by atoms with E-state index in [0.717, 1.165) is 0 Å². The summed E-state index contributed by atoms with van der Waals surface area (Å²) in [4.78, 5) is 9.24. The van der Waals surface area contributed by atoms with Gasteiger partial charge >= 0.3 is 43.7 Å². The summed E-state index contributed by atoms with van der Waals surface area (Å²) in [5.41, 5.74) is 4.57. The van der Waals surface area contributed by atoms with Gasteiger partial charge in [-0.3, -0.25) is 4.79 Å². The summed E-state index contributed by atoms with van der Waals surface area (Å²) in [7, 11) is 0. The Morgan fingerprint density at radius 1 is 1.83 bits per heavy atom. The van der Waals surface area contributed by atoms with Crippen molar-refractivity contribution in [3.05, 3.63) is 0 Å². The Balaban J connectivity index is 0. The molecule has 0 aromatic carbocycles. The Hall–Kier alpha value is 0.690. The molecule has 0 unspecified atom stereocenters. The van der Waals surface area contributed by atoms with E-state index in [-0.39, 0.29) is 44.3 Å². The quantitative estimate of drug-likeness (QED) is 0.415. The average molecular weight is 115 g/mol. The monoisotopic (exact) mass is 115 g/mol. The second-order valence-electron chi connectivity index (χ2n) is 0.598. The number of hydrogen-bond acceptors (Lipinski definition) is 2. The van der Waals surface area contributed by atoms with Crippen LogP contribution < -0.4 is 5.73 Å². The Labute approximate surface area is 65.5 Å². The van der Waals surface area contributed by atoms with Gasteiger partial charge in [0.2, 0.25) is 0 Å². The predicted octanol–water partition coefficient (Wildman–Crippen LogP) is -1.35. The first-order valence-electron chi connectivity index (χ1n) is 1.19. The van der Waals surface area contributed by atoms with Crippen LogP contribution in [0.25, 0.3) is 0 Å². The predicted molar refractivity (Wildman–Crippen MR) is 22.4 cm³/mol. The third kappa shape index (κ3) is 8.83. The maximum Gasteiger partial charge on any atom is 2.00 e. The molecule has 3 nitrogen and oxygen atoms in total. The van der Waals surface area contributed by atoms with E-state index >= 15 is 0 Å². The van der Waals surface area contributed by atoms with Crippen molar-refractivity contribution >= 4 is 43.7 Å². The first-order valence-corrected chi connectivity index (χ1v) is 1.19. The summed E-state index contributed by atoms with van der Waals surface area (Å²) in [6.45, 7) is -0.278. The van der Waals surface area contributed by atoms with Crippen LogP contribution in [0.3, 0.4) is 0 Å². The van der Waals surface area contributed by atoms with Gasteiger partial charge in [0.1, 0.15) is 0 Å². The molecule has 0 aliphatic heterocycles. The van der Waals surface area contributed by atoms with E-state index in [1.54, 1.807) is 0 Å². The fourth-order valence-corrected chi connectivity index (χ4v) is 0. The second-order valence-corrected chi connectivity index (χ2v) is 0.598.